The van der Waals surface area contributed by atoms with Crippen LogP contribution in [0.1, 0.15) is 0 Å². The van der Waals surface area contributed by atoms with Crippen molar-refractivity contribution in [3.8, 4) is 22.3 Å². The second-order valence-corrected chi connectivity index (χ2v) is 5.47. The van der Waals surface area contributed by atoms with Crippen LogP contribution in [0, 0.1) is 0 Å². The van der Waals surface area contributed by atoms with E-state index in [1.807, 2.05) is 48.5 Å². The molecule has 0 N–H and O–H groups in total. The summed E-state index contributed by atoms with van der Waals surface area (Å²) in [7, 11) is 0. The Labute approximate surface area is 128 Å². The van der Waals surface area contributed by atoms with Crippen LogP contribution in [0.3, 0.4) is 0 Å². The largest absolute Gasteiger partial charge is 0.0843 e. The molecule has 0 spiro atoms. The molecule has 0 unspecified atom stereocenters. The molecule has 0 aliphatic heterocycles. The fourth-order valence-electron chi connectivity index (χ4n) is 2.16. The molecule has 0 radical (unpaired) electrons. The summed E-state index contributed by atoms with van der Waals surface area (Å²) >= 11 is 11.9. The molecule has 0 aromatic heterocycles. The van der Waals surface area contributed by atoms with Crippen LogP contribution in [-0.2, 0) is 0 Å². The van der Waals surface area contributed by atoms with Crippen LogP contribution in [-0.4, -0.2) is 0 Å². The third-order valence-corrected chi connectivity index (χ3v) is 3.72. The normalized spacial score (nSPS) is 10.5. The lowest BCUT2D eigenvalue weighted by atomic mass is 9.99. The Hall–Kier alpha value is -1.76. The number of benzene rings is 3. The Morgan fingerprint density at radius 3 is 1.25 bits per heavy atom. The maximum atomic E-state index is 5.93. The molecule has 2 heteroatoms. The highest BCUT2D eigenvalue weighted by Gasteiger charge is 2.02. The molecule has 3 aromatic carbocycles. The standard InChI is InChI=1S/C18H12Cl2/c19-17-8-4-13(5-9-17)15-2-1-3-16(12-15)14-6-10-18(20)11-7-14/h1-12H. The van der Waals surface area contributed by atoms with Crippen molar-refractivity contribution in [3.05, 3.63) is 82.8 Å². The van der Waals surface area contributed by atoms with E-state index in [9.17, 15) is 0 Å². The predicted molar refractivity (Wildman–Crippen MR) is 87.3 cm³/mol. The van der Waals surface area contributed by atoms with E-state index in [4.69, 9.17) is 23.2 Å². The van der Waals surface area contributed by atoms with Crippen molar-refractivity contribution in [1.82, 2.24) is 0 Å². The average molecular weight is 299 g/mol. The SMILES string of the molecule is Clc1ccc(-c2cccc(-c3ccc(Cl)cc3)c2)cc1. The van der Waals surface area contributed by atoms with Crippen LogP contribution < -0.4 is 0 Å². The lowest BCUT2D eigenvalue weighted by Crippen LogP contribution is -1.81. The molecule has 0 nitrogen and oxygen atoms in total. The Morgan fingerprint density at radius 1 is 0.450 bits per heavy atom. The first-order valence-corrected chi connectivity index (χ1v) is 7.10. The van der Waals surface area contributed by atoms with Gasteiger partial charge in [-0.05, 0) is 52.6 Å². The summed E-state index contributed by atoms with van der Waals surface area (Å²) in [6.07, 6.45) is 0. The molecule has 3 aromatic rings. The quantitative estimate of drug-likeness (QED) is 0.519. The Balaban J connectivity index is 2.01. The van der Waals surface area contributed by atoms with Crippen molar-refractivity contribution >= 4 is 23.2 Å². The van der Waals surface area contributed by atoms with E-state index < -0.39 is 0 Å². The fraction of sp³-hybridized carbons (Fsp3) is 0. The molecule has 0 saturated heterocycles. The number of halogens is 2. The molecule has 0 fully saturated rings. The van der Waals surface area contributed by atoms with Gasteiger partial charge < -0.3 is 0 Å². The highest BCUT2D eigenvalue weighted by Crippen LogP contribution is 2.27. The van der Waals surface area contributed by atoms with Crippen molar-refractivity contribution in [2.24, 2.45) is 0 Å². The van der Waals surface area contributed by atoms with Gasteiger partial charge in [0.15, 0.2) is 0 Å². The smallest absolute Gasteiger partial charge is 0.0406 e. The number of hydrogen-bond acceptors (Lipinski definition) is 0. The summed E-state index contributed by atoms with van der Waals surface area (Å²) in [5, 5.41) is 1.50. The summed E-state index contributed by atoms with van der Waals surface area (Å²) in [6, 6.07) is 24.2. The van der Waals surface area contributed by atoms with Crippen molar-refractivity contribution in [1.29, 1.82) is 0 Å². The maximum Gasteiger partial charge on any atom is 0.0406 e. The topological polar surface area (TPSA) is 0 Å². The van der Waals surface area contributed by atoms with E-state index in [0.29, 0.717) is 0 Å². The van der Waals surface area contributed by atoms with Gasteiger partial charge >= 0.3 is 0 Å². The van der Waals surface area contributed by atoms with Crippen LogP contribution in [0.5, 0.6) is 0 Å². The lowest BCUT2D eigenvalue weighted by Gasteiger charge is -2.06. The molecule has 0 saturated carbocycles. The van der Waals surface area contributed by atoms with Gasteiger partial charge in [0.05, 0.1) is 0 Å². The predicted octanol–water partition coefficient (Wildman–Crippen LogP) is 6.33. The highest BCUT2D eigenvalue weighted by atomic mass is 35.5. The third-order valence-electron chi connectivity index (χ3n) is 3.22. The van der Waals surface area contributed by atoms with Gasteiger partial charge in [-0.15, -0.1) is 0 Å². The second-order valence-electron chi connectivity index (χ2n) is 4.59. The van der Waals surface area contributed by atoms with Gasteiger partial charge in [-0.3, -0.25) is 0 Å². The monoisotopic (exact) mass is 298 g/mol. The fourth-order valence-corrected chi connectivity index (χ4v) is 2.41. The molecule has 0 amide bonds. The number of rotatable bonds is 2. The highest BCUT2D eigenvalue weighted by molar-refractivity contribution is 6.30. The van der Waals surface area contributed by atoms with Gasteiger partial charge in [0, 0.05) is 10.0 Å². The summed E-state index contributed by atoms with van der Waals surface area (Å²) in [4.78, 5) is 0. The second kappa shape index (κ2) is 5.70. The minimum atomic E-state index is 0.752. The van der Waals surface area contributed by atoms with Gasteiger partial charge in [0.2, 0.25) is 0 Å². The summed E-state index contributed by atoms with van der Waals surface area (Å²) in [5.74, 6) is 0. The van der Waals surface area contributed by atoms with Crippen LogP contribution in [0.25, 0.3) is 22.3 Å². The van der Waals surface area contributed by atoms with Gasteiger partial charge in [0.1, 0.15) is 0 Å². The van der Waals surface area contributed by atoms with Crippen LogP contribution in [0.2, 0.25) is 10.0 Å². The Kier molecular flexibility index (Phi) is 3.77. The van der Waals surface area contributed by atoms with Gasteiger partial charge in [0.25, 0.3) is 0 Å². The number of hydrogen-bond donors (Lipinski definition) is 0. The van der Waals surface area contributed by atoms with Crippen LogP contribution in [0.15, 0.2) is 72.8 Å². The van der Waals surface area contributed by atoms with Crippen molar-refractivity contribution in [2.45, 2.75) is 0 Å². The van der Waals surface area contributed by atoms with E-state index in [0.717, 1.165) is 21.2 Å². The molecule has 3 rings (SSSR count). The van der Waals surface area contributed by atoms with Crippen molar-refractivity contribution in [3.63, 3.8) is 0 Å². The van der Waals surface area contributed by atoms with Gasteiger partial charge in [-0.25, -0.2) is 0 Å². The molecule has 0 aliphatic carbocycles. The molecule has 0 bridgehead atoms. The molecule has 98 valence electrons. The van der Waals surface area contributed by atoms with Crippen molar-refractivity contribution < 1.29 is 0 Å². The minimum absolute atomic E-state index is 0.752. The first kappa shape index (κ1) is 13.2. The lowest BCUT2D eigenvalue weighted by molar-refractivity contribution is 1.59. The zero-order valence-electron chi connectivity index (χ0n) is 10.7. The summed E-state index contributed by atoms with van der Waals surface area (Å²) in [5.41, 5.74) is 4.67. The molecule has 0 atom stereocenters. The first-order valence-electron chi connectivity index (χ1n) is 6.34. The van der Waals surface area contributed by atoms with E-state index in [2.05, 4.69) is 24.3 Å². The zero-order valence-corrected chi connectivity index (χ0v) is 12.2. The molecular weight excluding hydrogens is 287 g/mol. The third kappa shape index (κ3) is 2.87. The van der Waals surface area contributed by atoms with Crippen LogP contribution >= 0.6 is 23.2 Å². The Bertz CT molecular complexity index is 652. The molecule has 0 heterocycles. The van der Waals surface area contributed by atoms with Gasteiger partial charge in [-0.2, -0.15) is 0 Å². The first-order chi connectivity index (χ1) is 9.72. The summed E-state index contributed by atoms with van der Waals surface area (Å²) < 4.78 is 0. The average Bonchev–Trinajstić information content (AvgIpc) is 2.49. The van der Waals surface area contributed by atoms with E-state index in [-0.39, 0.29) is 0 Å². The van der Waals surface area contributed by atoms with Crippen molar-refractivity contribution in [2.75, 3.05) is 0 Å². The Morgan fingerprint density at radius 2 is 0.850 bits per heavy atom. The van der Waals surface area contributed by atoms with E-state index >= 15 is 0 Å². The minimum Gasteiger partial charge on any atom is -0.0843 e. The van der Waals surface area contributed by atoms with Gasteiger partial charge in [-0.1, -0.05) is 65.7 Å². The van der Waals surface area contributed by atoms with E-state index in [1.165, 1.54) is 11.1 Å². The molecule has 20 heavy (non-hydrogen) atoms. The van der Waals surface area contributed by atoms with E-state index in [1.54, 1.807) is 0 Å². The maximum absolute atomic E-state index is 5.93. The molecular formula is C18H12Cl2. The summed E-state index contributed by atoms with van der Waals surface area (Å²) in [6.45, 7) is 0. The molecule has 0 aliphatic rings. The van der Waals surface area contributed by atoms with Crippen LogP contribution in [0.4, 0.5) is 0 Å². The zero-order chi connectivity index (χ0) is 13.9.